The standard InChI is InChI=1S/C10H14N2.2ClH/c1-12(2)10-4-3-8-6-11-7-9(8)5-10;;/h3-5,11H,6-7H2,1-2H3;2*1H. The molecule has 0 radical (unpaired) electrons. The molecule has 14 heavy (non-hydrogen) atoms. The quantitative estimate of drug-likeness (QED) is 0.802. The lowest BCUT2D eigenvalue weighted by atomic mass is 10.1. The van der Waals surface area contributed by atoms with Gasteiger partial charge in [-0.2, -0.15) is 0 Å². The van der Waals surface area contributed by atoms with Gasteiger partial charge in [-0.1, -0.05) is 6.07 Å². The van der Waals surface area contributed by atoms with E-state index in [-0.39, 0.29) is 24.8 Å². The van der Waals surface area contributed by atoms with Gasteiger partial charge in [-0.05, 0) is 23.3 Å². The Bertz CT molecular complexity index is 300. The van der Waals surface area contributed by atoms with Gasteiger partial charge < -0.3 is 10.2 Å². The third-order valence-electron chi connectivity index (χ3n) is 2.34. The molecule has 4 heteroatoms. The van der Waals surface area contributed by atoms with Crippen molar-refractivity contribution >= 4 is 30.5 Å². The van der Waals surface area contributed by atoms with Crippen molar-refractivity contribution in [3.05, 3.63) is 29.3 Å². The normalized spacial score (nSPS) is 12.4. The van der Waals surface area contributed by atoms with Crippen LogP contribution in [0.5, 0.6) is 0 Å². The van der Waals surface area contributed by atoms with Crippen molar-refractivity contribution in [3.63, 3.8) is 0 Å². The lowest BCUT2D eigenvalue weighted by Gasteiger charge is -2.13. The summed E-state index contributed by atoms with van der Waals surface area (Å²) in [6.07, 6.45) is 0. The van der Waals surface area contributed by atoms with Gasteiger partial charge in [0.2, 0.25) is 0 Å². The van der Waals surface area contributed by atoms with Crippen LogP contribution in [0.15, 0.2) is 18.2 Å². The van der Waals surface area contributed by atoms with Gasteiger partial charge >= 0.3 is 0 Å². The number of benzene rings is 1. The van der Waals surface area contributed by atoms with Crippen LogP contribution in [0.3, 0.4) is 0 Å². The summed E-state index contributed by atoms with van der Waals surface area (Å²) in [6.45, 7) is 2.06. The number of hydrogen-bond acceptors (Lipinski definition) is 2. The van der Waals surface area contributed by atoms with Crippen LogP contribution >= 0.6 is 24.8 Å². The predicted molar refractivity (Wildman–Crippen MR) is 65.8 cm³/mol. The Morgan fingerprint density at radius 1 is 1.07 bits per heavy atom. The van der Waals surface area contributed by atoms with Crippen LogP contribution < -0.4 is 10.2 Å². The summed E-state index contributed by atoms with van der Waals surface area (Å²) in [7, 11) is 4.15. The Labute approximate surface area is 97.5 Å². The molecule has 0 fully saturated rings. The van der Waals surface area contributed by atoms with E-state index in [2.05, 4.69) is 42.5 Å². The molecule has 2 nitrogen and oxygen atoms in total. The molecule has 1 heterocycles. The van der Waals surface area contributed by atoms with E-state index < -0.39 is 0 Å². The molecule has 80 valence electrons. The van der Waals surface area contributed by atoms with Crippen molar-refractivity contribution in [2.24, 2.45) is 0 Å². The van der Waals surface area contributed by atoms with Gasteiger partial charge in [-0.3, -0.25) is 0 Å². The monoisotopic (exact) mass is 234 g/mol. The fourth-order valence-corrected chi connectivity index (χ4v) is 1.56. The smallest absolute Gasteiger partial charge is 0.0364 e. The molecule has 1 aliphatic heterocycles. The Hall–Kier alpha value is -0.440. The molecule has 2 rings (SSSR count). The van der Waals surface area contributed by atoms with Crippen molar-refractivity contribution in [1.29, 1.82) is 0 Å². The SMILES string of the molecule is CN(C)c1ccc2c(c1)CNC2.Cl.Cl. The maximum Gasteiger partial charge on any atom is 0.0364 e. The minimum atomic E-state index is 0. The second-order valence-electron chi connectivity index (χ2n) is 3.45. The predicted octanol–water partition coefficient (Wildman–Crippen LogP) is 2.20. The molecule has 0 aromatic heterocycles. The maximum atomic E-state index is 3.34. The average Bonchev–Trinajstić information content (AvgIpc) is 2.49. The van der Waals surface area contributed by atoms with Gasteiger partial charge in [-0.25, -0.2) is 0 Å². The first-order valence-electron chi connectivity index (χ1n) is 4.27. The molecule has 1 aromatic carbocycles. The van der Waals surface area contributed by atoms with Crippen LogP contribution in [0.25, 0.3) is 0 Å². The van der Waals surface area contributed by atoms with E-state index >= 15 is 0 Å². The maximum absolute atomic E-state index is 3.34. The van der Waals surface area contributed by atoms with Crippen molar-refractivity contribution < 1.29 is 0 Å². The minimum absolute atomic E-state index is 0. The molecule has 0 atom stereocenters. The third-order valence-corrected chi connectivity index (χ3v) is 2.34. The number of hydrogen-bond donors (Lipinski definition) is 1. The van der Waals surface area contributed by atoms with Crippen LogP contribution in [0.1, 0.15) is 11.1 Å². The van der Waals surface area contributed by atoms with Gasteiger partial charge in [0.15, 0.2) is 0 Å². The van der Waals surface area contributed by atoms with E-state index in [1.54, 1.807) is 0 Å². The fourth-order valence-electron chi connectivity index (χ4n) is 1.56. The molecule has 0 saturated carbocycles. The first-order valence-corrected chi connectivity index (χ1v) is 4.27. The van der Waals surface area contributed by atoms with Crippen molar-refractivity contribution in [1.82, 2.24) is 5.32 Å². The zero-order chi connectivity index (χ0) is 8.55. The number of fused-ring (bicyclic) bond motifs is 1. The third kappa shape index (κ3) is 2.53. The Morgan fingerprint density at radius 2 is 1.71 bits per heavy atom. The van der Waals surface area contributed by atoms with Crippen LogP contribution in [0.4, 0.5) is 5.69 Å². The van der Waals surface area contributed by atoms with Gasteiger partial charge in [0.1, 0.15) is 0 Å². The van der Waals surface area contributed by atoms with E-state index in [9.17, 15) is 0 Å². The Balaban J connectivity index is 0.000000845. The van der Waals surface area contributed by atoms with Gasteiger partial charge in [0.25, 0.3) is 0 Å². The number of rotatable bonds is 1. The Morgan fingerprint density at radius 3 is 2.36 bits per heavy atom. The zero-order valence-electron chi connectivity index (χ0n) is 8.41. The molecule has 1 aliphatic rings. The van der Waals surface area contributed by atoms with Crippen LogP contribution in [0.2, 0.25) is 0 Å². The number of anilines is 1. The summed E-state index contributed by atoms with van der Waals surface area (Å²) in [5, 5.41) is 3.34. The highest BCUT2D eigenvalue weighted by atomic mass is 35.5. The van der Waals surface area contributed by atoms with Crippen molar-refractivity contribution in [3.8, 4) is 0 Å². The lowest BCUT2D eigenvalue weighted by Crippen LogP contribution is -2.08. The summed E-state index contributed by atoms with van der Waals surface area (Å²) in [5.41, 5.74) is 4.18. The average molecular weight is 235 g/mol. The fraction of sp³-hybridized carbons (Fsp3) is 0.400. The molecule has 1 aromatic rings. The molecule has 0 unspecified atom stereocenters. The van der Waals surface area contributed by atoms with E-state index in [1.807, 2.05) is 0 Å². The molecule has 0 aliphatic carbocycles. The first kappa shape index (κ1) is 13.6. The lowest BCUT2D eigenvalue weighted by molar-refractivity contribution is 0.765. The minimum Gasteiger partial charge on any atom is -0.378 e. The zero-order valence-corrected chi connectivity index (χ0v) is 10.0. The second kappa shape index (κ2) is 5.44. The summed E-state index contributed by atoms with van der Waals surface area (Å²) < 4.78 is 0. The molecule has 0 spiro atoms. The second-order valence-corrected chi connectivity index (χ2v) is 3.45. The summed E-state index contributed by atoms with van der Waals surface area (Å²) in [5.74, 6) is 0. The summed E-state index contributed by atoms with van der Waals surface area (Å²) in [6, 6.07) is 6.64. The number of nitrogens with zero attached hydrogens (tertiary/aromatic N) is 1. The molecule has 0 saturated heterocycles. The molecule has 1 N–H and O–H groups in total. The van der Waals surface area contributed by atoms with Crippen molar-refractivity contribution in [2.45, 2.75) is 13.1 Å². The largest absolute Gasteiger partial charge is 0.378 e. The van der Waals surface area contributed by atoms with Gasteiger partial charge in [-0.15, -0.1) is 24.8 Å². The number of halogens is 2. The van der Waals surface area contributed by atoms with Crippen LogP contribution in [-0.4, -0.2) is 14.1 Å². The van der Waals surface area contributed by atoms with Crippen molar-refractivity contribution in [2.75, 3.05) is 19.0 Å². The molecule has 0 bridgehead atoms. The Kier molecular flexibility index (Phi) is 5.27. The summed E-state index contributed by atoms with van der Waals surface area (Å²) >= 11 is 0. The first-order chi connectivity index (χ1) is 5.77. The number of nitrogens with one attached hydrogen (secondary N) is 1. The van der Waals surface area contributed by atoms with E-state index in [0.717, 1.165) is 13.1 Å². The summed E-state index contributed by atoms with van der Waals surface area (Å²) in [4.78, 5) is 2.14. The van der Waals surface area contributed by atoms with Gasteiger partial charge in [0, 0.05) is 32.9 Å². The molecular weight excluding hydrogens is 219 g/mol. The van der Waals surface area contributed by atoms with Crippen LogP contribution in [0, 0.1) is 0 Å². The highest BCUT2D eigenvalue weighted by molar-refractivity contribution is 5.85. The van der Waals surface area contributed by atoms with Gasteiger partial charge in [0.05, 0.1) is 0 Å². The topological polar surface area (TPSA) is 15.3 Å². The highest BCUT2D eigenvalue weighted by Crippen LogP contribution is 2.21. The van der Waals surface area contributed by atoms with Crippen LogP contribution in [-0.2, 0) is 13.1 Å². The molecular formula is C10H16Cl2N2. The van der Waals surface area contributed by atoms with E-state index in [4.69, 9.17) is 0 Å². The van der Waals surface area contributed by atoms with E-state index in [1.165, 1.54) is 16.8 Å². The van der Waals surface area contributed by atoms with E-state index in [0.29, 0.717) is 0 Å². The highest BCUT2D eigenvalue weighted by Gasteiger charge is 2.09. The molecule has 0 amide bonds.